The zero-order valence-electron chi connectivity index (χ0n) is 20.4. The number of carbonyl (C=O) groups excluding carboxylic acids is 2. The first-order valence-corrected chi connectivity index (χ1v) is 12.5. The fourth-order valence-corrected chi connectivity index (χ4v) is 5.30. The highest BCUT2D eigenvalue weighted by Gasteiger charge is 2.34. The molecule has 2 aliphatic rings. The molecule has 3 atom stereocenters. The van der Waals surface area contributed by atoms with E-state index in [9.17, 15) is 19.5 Å². The second-order valence-electron chi connectivity index (χ2n) is 9.85. The van der Waals surface area contributed by atoms with Crippen LogP contribution >= 0.6 is 0 Å². The summed E-state index contributed by atoms with van der Waals surface area (Å²) in [6.07, 6.45) is 2.30. The van der Waals surface area contributed by atoms with Crippen molar-refractivity contribution in [2.75, 3.05) is 13.2 Å². The van der Waals surface area contributed by atoms with E-state index in [0.717, 1.165) is 6.42 Å². The van der Waals surface area contributed by atoms with Crippen molar-refractivity contribution >= 4 is 18.0 Å². The van der Waals surface area contributed by atoms with Gasteiger partial charge in [0.15, 0.2) is 0 Å². The van der Waals surface area contributed by atoms with Gasteiger partial charge in [0.1, 0.15) is 12.6 Å². The highest BCUT2D eigenvalue weighted by Crippen LogP contribution is 2.44. The van der Waals surface area contributed by atoms with Crippen LogP contribution in [0.25, 0.3) is 11.1 Å². The van der Waals surface area contributed by atoms with Gasteiger partial charge in [-0.05, 0) is 60.8 Å². The summed E-state index contributed by atoms with van der Waals surface area (Å²) in [5.74, 6) is -0.744. The third kappa shape index (κ3) is 5.66. The van der Waals surface area contributed by atoms with Gasteiger partial charge in [0, 0.05) is 24.9 Å². The number of rotatable bonds is 8. The Balaban J connectivity index is 1.23. The molecule has 7 heteroatoms. The number of carboxylic acids is 1. The second-order valence-corrected chi connectivity index (χ2v) is 9.85. The van der Waals surface area contributed by atoms with Crippen molar-refractivity contribution < 1.29 is 24.2 Å². The first-order chi connectivity index (χ1) is 16.8. The topological polar surface area (TPSA) is 95.9 Å². The van der Waals surface area contributed by atoms with Gasteiger partial charge in [-0.3, -0.25) is 4.79 Å². The summed E-state index contributed by atoms with van der Waals surface area (Å²) in [4.78, 5) is 38.2. The van der Waals surface area contributed by atoms with Crippen molar-refractivity contribution in [3.63, 3.8) is 0 Å². The van der Waals surface area contributed by atoms with E-state index in [0.29, 0.717) is 31.7 Å². The fourth-order valence-electron chi connectivity index (χ4n) is 5.30. The van der Waals surface area contributed by atoms with Gasteiger partial charge in [-0.15, -0.1) is 0 Å². The lowest BCUT2D eigenvalue weighted by atomic mass is 9.93. The number of benzene rings is 2. The number of amides is 2. The van der Waals surface area contributed by atoms with Gasteiger partial charge < -0.3 is 20.1 Å². The maximum atomic E-state index is 12.7. The number of nitrogens with one attached hydrogen (secondary N) is 1. The van der Waals surface area contributed by atoms with Crippen molar-refractivity contribution in [2.24, 2.45) is 5.92 Å². The Morgan fingerprint density at radius 3 is 2.31 bits per heavy atom. The SMILES string of the molecule is CC1CCC(C(=O)O)N(C(=O)CCCC(C)NC(=O)OCC2c3ccccc3-c3ccccc32)C1. The van der Waals surface area contributed by atoms with Gasteiger partial charge in [-0.25, -0.2) is 9.59 Å². The average Bonchev–Trinajstić information content (AvgIpc) is 3.16. The highest BCUT2D eigenvalue weighted by molar-refractivity contribution is 5.84. The third-order valence-corrected chi connectivity index (χ3v) is 7.16. The number of carboxylic acid groups (broad SMARTS) is 1. The fraction of sp³-hybridized carbons (Fsp3) is 0.464. The molecule has 2 aromatic rings. The lowest BCUT2D eigenvalue weighted by Crippen LogP contribution is -2.50. The van der Waals surface area contributed by atoms with Gasteiger partial charge in [0.25, 0.3) is 0 Å². The predicted octanol–water partition coefficient (Wildman–Crippen LogP) is 4.80. The van der Waals surface area contributed by atoms with Gasteiger partial charge in [0.2, 0.25) is 5.91 Å². The van der Waals surface area contributed by atoms with Gasteiger partial charge in [-0.2, -0.15) is 0 Å². The Morgan fingerprint density at radius 1 is 1.06 bits per heavy atom. The number of nitrogens with zero attached hydrogens (tertiary/aromatic N) is 1. The van der Waals surface area contributed by atoms with Gasteiger partial charge >= 0.3 is 12.1 Å². The molecule has 0 spiro atoms. The summed E-state index contributed by atoms with van der Waals surface area (Å²) in [5.41, 5.74) is 4.70. The second kappa shape index (κ2) is 10.9. The normalized spacial score (nSPS) is 20.0. The minimum Gasteiger partial charge on any atom is -0.480 e. The molecule has 0 bridgehead atoms. The molecule has 1 saturated heterocycles. The monoisotopic (exact) mass is 478 g/mol. The lowest BCUT2D eigenvalue weighted by molar-refractivity contribution is -0.153. The van der Waals surface area contributed by atoms with Gasteiger partial charge in [0.05, 0.1) is 0 Å². The zero-order chi connectivity index (χ0) is 24.9. The Hall–Kier alpha value is -3.35. The molecule has 7 nitrogen and oxygen atoms in total. The molecule has 2 amide bonds. The average molecular weight is 479 g/mol. The van der Waals surface area contributed by atoms with Crippen LogP contribution in [0.3, 0.4) is 0 Å². The van der Waals surface area contributed by atoms with Crippen molar-refractivity contribution in [3.8, 4) is 11.1 Å². The Labute approximate surface area is 206 Å². The molecule has 3 unspecified atom stereocenters. The molecular formula is C28H34N2O5. The summed E-state index contributed by atoms with van der Waals surface area (Å²) >= 11 is 0. The van der Waals surface area contributed by atoms with E-state index in [1.54, 1.807) is 0 Å². The van der Waals surface area contributed by atoms with E-state index in [1.165, 1.54) is 27.2 Å². The van der Waals surface area contributed by atoms with Crippen molar-refractivity contribution in [1.82, 2.24) is 10.2 Å². The Morgan fingerprint density at radius 2 is 1.69 bits per heavy atom. The van der Waals surface area contributed by atoms with Crippen LogP contribution < -0.4 is 5.32 Å². The number of carbonyl (C=O) groups is 3. The molecule has 2 aromatic carbocycles. The largest absolute Gasteiger partial charge is 0.480 e. The third-order valence-electron chi connectivity index (χ3n) is 7.16. The van der Waals surface area contributed by atoms with E-state index in [2.05, 4.69) is 29.6 Å². The summed E-state index contributed by atoms with van der Waals surface area (Å²) in [7, 11) is 0. The molecule has 35 heavy (non-hydrogen) atoms. The molecular weight excluding hydrogens is 444 g/mol. The van der Waals surface area contributed by atoms with Crippen molar-refractivity contribution in [3.05, 3.63) is 59.7 Å². The van der Waals surface area contributed by atoms with Crippen LogP contribution in [0.15, 0.2) is 48.5 Å². The molecule has 1 fully saturated rings. The Bertz CT molecular complexity index is 1040. The van der Waals surface area contributed by atoms with Crippen LogP contribution in [0.4, 0.5) is 4.79 Å². The first kappa shape index (κ1) is 24.8. The summed E-state index contributed by atoms with van der Waals surface area (Å²) in [5, 5.41) is 12.3. The van der Waals surface area contributed by atoms with E-state index in [4.69, 9.17) is 4.74 Å². The van der Waals surface area contributed by atoms with Crippen LogP contribution in [-0.2, 0) is 14.3 Å². The molecule has 1 heterocycles. The number of hydrogen-bond acceptors (Lipinski definition) is 4. The number of likely N-dealkylation sites (tertiary alicyclic amines) is 1. The molecule has 2 N–H and O–H groups in total. The van der Waals surface area contributed by atoms with Crippen LogP contribution in [0, 0.1) is 5.92 Å². The molecule has 0 saturated carbocycles. The maximum Gasteiger partial charge on any atom is 0.407 e. The smallest absolute Gasteiger partial charge is 0.407 e. The molecule has 0 radical (unpaired) electrons. The number of alkyl carbamates (subject to hydrolysis) is 1. The van der Waals surface area contributed by atoms with E-state index >= 15 is 0 Å². The number of fused-ring (bicyclic) bond motifs is 3. The standard InChI is InChI=1S/C28H34N2O5/c1-18-14-15-25(27(32)33)30(16-18)26(31)13-7-8-19(2)29-28(34)35-17-24-22-11-5-3-9-20(22)21-10-4-6-12-23(21)24/h3-6,9-12,18-19,24-25H,7-8,13-17H2,1-2H3,(H,29,34)(H,32,33). The summed E-state index contributed by atoms with van der Waals surface area (Å²) in [6.45, 7) is 4.67. The lowest BCUT2D eigenvalue weighted by Gasteiger charge is -2.36. The molecule has 186 valence electrons. The van der Waals surface area contributed by atoms with Crippen LogP contribution in [0.1, 0.15) is 63.0 Å². The van der Waals surface area contributed by atoms with Gasteiger partial charge in [-0.1, -0.05) is 55.5 Å². The molecule has 1 aliphatic carbocycles. The first-order valence-electron chi connectivity index (χ1n) is 12.5. The molecule has 1 aliphatic heterocycles. The van der Waals surface area contributed by atoms with Crippen LogP contribution in [0.2, 0.25) is 0 Å². The number of ether oxygens (including phenoxy) is 1. The Kier molecular flexibility index (Phi) is 7.73. The summed E-state index contributed by atoms with van der Waals surface area (Å²) in [6, 6.07) is 15.5. The summed E-state index contributed by atoms with van der Waals surface area (Å²) < 4.78 is 5.59. The van der Waals surface area contributed by atoms with Crippen LogP contribution in [0.5, 0.6) is 0 Å². The van der Waals surface area contributed by atoms with Crippen LogP contribution in [-0.4, -0.2) is 53.2 Å². The van der Waals surface area contributed by atoms with E-state index in [1.807, 2.05) is 38.1 Å². The quantitative estimate of drug-likeness (QED) is 0.568. The molecule has 0 aromatic heterocycles. The minimum absolute atomic E-state index is 0.00944. The highest BCUT2D eigenvalue weighted by atomic mass is 16.5. The van der Waals surface area contributed by atoms with E-state index < -0.39 is 18.1 Å². The number of aliphatic carboxylic acids is 1. The number of hydrogen-bond donors (Lipinski definition) is 2. The molecule has 4 rings (SSSR count). The van der Waals surface area contributed by atoms with E-state index in [-0.39, 0.29) is 30.9 Å². The predicted molar refractivity (Wildman–Crippen MR) is 133 cm³/mol. The minimum atomic E-state index is -0.935. The zero-order valence-corrected chi connectivity index (χ0v) is 20.4. The maximum absolute atomic E-state index is 12.7. The van der Waals surface area contributed by atoms with Crippen molar-refractivity contribution in [1.29, 1.82) is 0 Å². The number of piperidine rings is 1. The van der Waals surface area contributed by atoms with Crippen molar-refractivity contribution in [2.45, 2.75) is 64.0 Å².